The van der Waals surface area contributed by atoms with Gasteiger partial charge in [-0.05, 0) is 32.4 Å². The van der Waals surface area contributed by atoms with Crippen molar-refractivity contribution in [3.05, 3.63) is 29.6 Å². The Hall–Kier alpha value is -2.11. The molecule has 0 atom stereocenters. The number of hydrogen-bond donors (Lipinski definition) is 2. The first kappa shape index (κ1) is 15.9. The number of nitrogens with zero attached hydrogens (tertiary/aromatic N) is 1. The minimum Gasteiger partial charge on any atom is -0.478 e. The second kappa shape index (κ2) is 5.90. The van der Waals surface area contributed by atoms with Crippen molar-refractivity contribution in [3.8, 4) is 0 Å². The van der Waals surface area contributed by atoms with Gasteiger partial charge in [-0.25, -0.2) is 14.0 Å². The topological polar surface area (TPSA) is 69.6 Å². The smallest absolute Gasteiger partial charge is 0.340 e. The zero-order valence-corrected chi connectivity index (χ0v) is 12.0. The molecule has 0 radical (unpaired) electrons. The lowest BCUT2D eigenvalue weighted by Gasteiger charge is -2.34. The summed E-state index contributed by atoms with van der Waals surface area (Å²) in [5.74, 6) is -2.30. The monoisotopic (exact) mass is 282 g/mol. The van der Waals surface area contributed by atoms with Crippen molar-refractivity contribution in [3.63, 3.8) is 0 Å². The van der Waals surface area contributed by atoms with Gasteiger partial charge in [0.2, 0.25) is 0 Å². The van der Waals surface area contributed by atoms with Crippen molar-refractivity contribution in [2.75, 3.05) is 12.4 Å². The van der Waals surface area contributed by atoms with E-state index in [1.165, 1.54) is 17.0 Å². The van der Waals surface area contributed by atoms with Crippen molar-refractivity contribution >= 4 is 17.7 Å². The van der Waals surface area contributed by atoms with Gasteiger partial charge >= 0.3 is 12.0 Å². The van der Waals surface area contributed by atoms with Crippen molar-refractivity contribution < 1.29 is 19.1 Å². The molecule has 0 spiro atoms. The van der Waals surface area contributed by atoms with Gasteiger partial charge in [-0.2, -0.15) is 0 Å². The SMILES string of the molecule is CCC(C)(C)N(C)C(=O)Nc1cccc(F)c1C(=O)O. The Kier molecular flexibility index (Phi) is 4.70. The van der Waals surface area contributed by atoms with Gasteiger partial charge < -0.3 is 15.3 Å². The number of carboxylic acid groups (broad SMARTS) is 1. The fraction of sp³-hybridized carbons (Fsp3) is 0.429. The van der Waals surface area contributed by atoms with Crippen LogP contribution in [-0.4, -0.2) is 34.6 Å². The average Bonchev–Trinajstić information content (AvgIpc) is 2.37. The summed E-state index contributed by atoms with van der Waals surface area (Å²) in [5.41, 5.74) is -0.981. The molecular weight excluding hydrogens is 263 g/mol. The lowest BCUT2D eigenvalue weighted by Crippen LogP contribution is -2.46. The number of aromatic carboxylic acids is 1. The Morgan fingerprint density at radius 1 is 1.40 bits per heavy atom. The zero-order chi connectivity index (χ0) is 15.5. The molecule has 110 valence electrons. The standard InChI is InChI=1S/C14H19FN2O3/c1-5-14(2,3)17(4)13(20)16-10-8-6-7-9(15)11(10)12(18)19/h6-8H,5H2,1-4H3,(H,16,20)(H,18,19). The summed E-state index contributed by atoms with van der Waals surface area (Å²) in [6.07, 6.45) is 0.728. The van der Waals surface area contributed by atoms with E-state index in [1.54, 1.807) is 7.05 Å². The van der Waals surface area contributed by atoms with E-state index >= 15 is 0 Å². The highest BCUT2D eigenvalue weighted by molar-refractivity contribution is 6.00. The molecule has 0 fully saturated rings. The van der Waals surface area contributed by atoms with Gasteiger partial charge in [0.1, 0.15) is 11.4 Å². The molecule has 0 aliphatic heterocycles. The maximum Gasteiger partial charge on any atom is 0.340 e. The lowest BCUT2D eigenvalue weighted by atomic mass is 10.0. The summed E-state index contributed by atoms with van der Waals surface area (Å²) in [4.78, 5) is 24.6. The van der Waals surface area contributed by atoms with E-state index in [4.69, 9.17) is 5.11 Å². The maximum absolute atomic E-state index is 13.5. The average molecular weight is 282 g/mol. The Morgan fingerprint density at radius 3 is 2.50 bits per heavy atom. The molecule has 0 aromatic heterocycles. The Balaban J connectivity index is 3.03. The van der Waals surface area contributed by atoms with Crippen molar-refractivity contribution in [2.24, 2.45) is 0 Å². The second-order valence-corrected chi connectivity index (χ2v) is 5.12. The molecule has 5 nitrogen and oxygen atoms in total. The summed E-state index contributed by atoms with van der Waals surface area (Å²) in [6.45, 7) is 5.71. The molecule has 1 aromatic rings. The molecule has 0 saturated heterocycles. The van der Waals surface area contributed by atoms with E-state index < -0.39 is 23.4 Å². The normalized spacial score (nSPS) is 11.1. The van der Waals surface area contributed by atoms with Gasteiger partial charge in [-0.1, -0.05) is 13.0 Å². The predicted octanol–water partition coefficient (Wildman–Crippen LogP) is 3.18. The predicted molar refractivity (Wildman–Crippen MR) is 74.5 cm³/mol. The first-order valence-electron chi connectivity index (χ1n) is 6.27. The largest absolute Gasteiger partial charge is 0.478 e. The summed E-state index contributed by atoms with van der Waals surface area (Å²) < 4.78 is 13.5. The highest BCUT2D eigenvalue weighted by atomic mass is 19.1. The van der Waals surface area contributed by atoms with Crippen LogP contribution in [0.3, 0.4) is 0 Å². The number of benzene rings is 1. The molecule has 1 aromatic carbocycles. The van der Waals surface area contributed by atoms with Crippen LogP contribution >= 0.6 is 0 Å². The molecule has 2 amide bonds. The van der Waals surface area contributed by atoms with Crippen molar-refractivity contribution in [1.29, 1.82) is 0 Å². The highest BCUT2D eigenvalue weighted by Gasteiger charge is 2.27. The summed E-state index contributed by atoms with van der Waals surface area (Å²) in [7, 11) is 1.61. The molecule has 6 heteroatoms. The lowest BCUT2D eigenvalue weighted by molar-refractivity contribution is 0.0693. The quantitative estimate of drug-likeness (QED) is 0.891. The Labute approximate surface area is 117 Å². The van der Waals surface area contributed by atoms with Crippen molar-refractivity contribution in [2.45, 2.75) is 32.7 Å². The zero-order valence-electron chi connectivity index (χ0n) is 12.0. The summed E-state index contributed by atoms with van der Waals surface area (Å²) >= 11 is 0. The molecule has 0 aliphatic rings. The van der Waals surface area contributed by atoms with Crippen LogP contribution in [0, 0.1) is 5.82 Å². The van der Waals surface area contributed by atoms with Gasteiger partial charge in [-0.15, -0.1) is 0 Å². The van der Waals surface area contributed by atoms with Gasteiger partial charge in [0, 0.05) is 12.6 Å². The maximum atomic E-state index is 13.5. The molecule has 0 saturated carbocycles. The summed E-state index contributed by atoms with van der Waals surface area (Å²) in [5, 5.41) is 11.4. The van der Waals surface area contributed by atoms with Crippen LogP contribution in [0.25, 0.3) is 0 Å². The molecular formula is C14H19FN2O3. The molecule has 2 N–H and O–H groups in total. The fourth-order valence-electron chi connectivity index (χ4n) is 1.56. The number of carbonyl (C=O) groups is 2. The number of hydrogen-bond acceptors (Lipinski definition) is 2. The number of carbonyl (C=O) groups excluding carboxylic acids is 1. The van der Waals surface area contributed by atoms with Crippen molar-refractivity contribution in [1.82, 2.24) is 4.90 Å². The number of halogens is 1. The van der Waals surface area contributed by atoms with Gasteiger partial charge in [0.15, 0.2) is 0 Å². The number of amides is 2. The van der Waals surface area contributed by atoms with E-state index in [0.717, 1.165) is 12.5 Å². The highest BCUT2D eigenvalue weighted by Crippen LogP contribution is 2.22. The third-order valence-corrected chi connectivity index (χ3v) is 3.55. The number of rotatable bonds is 4. The van der Waals surface area contributed by atoms with Crippen LogP contribution in [-0.2, 0) is 0 Å². The molecule has 0 bridgehead atoms. The van der Waals surface area contributed by atoms with E-state index in [9.17, 15) is 14.0 Å². The van der Waals surface area contributed by atoms with Crippen LogP contribution in [0.2, 0.25) is 0 Å². The number of anilines is 1. The van der Waals surface area contributed by atoms with Gasteiger partial charge in [0.05, 0.1) is 5.69 Å². The summed E-state index contributed by atoms with van der Waals surface area (Å²) in [6, 6.07) is 3.27. The van der Waals surface area contributed by atoms with Gasteiger partial charge in [-0.3, -0.25) is 0 Å². The van der Waals surface area contributed by atoms with Crippen LogP contribution in [0.4, 0.5) is 14.9 Å². The minimum atomic E-state index is -1.42. The van der Waals surface area contributed by atoms with Crippen LogP contribution in [0.5, 0.6) is 0 Å². The number of nitrogens with one attached hydrogen (secondary N) is 1. The van der Waals surface area contributed by atoms with E-state index in [-0.39, 0.29) is 11.2 Å². The van der Waals surface area contributed by atoms with Crippen LogP contribution in [0.15, 0.2) is 18.2 Å². The number of urea groups is 1. The Bertz CT molecular complexity index is 529. The molecule has 1 rings (SSSR count). The molecule has 20 heavy (non-hydrogen) atoms. The third-order valence-electron chi connectivity index (χ3n) is 3.55. The van der Waals surface area contributed by atoms with Crippen LogP contribution in [0.1, 0.15) is 37.6 Å². The van der Waals surface area contributed by atoms with Gasteiger partial charge in [0.25, 0.3) is 0 Å². The number of carboxylic acids is 1. The first-order valence-corrected chi connectivity index (χ1v) is 6.27. The van der Waals surface area contributed by atoms with E-state index in [2.05, 4.69) is 5.32 Å². The molecule has 0 aliphatic carbocycles. The molecule has 0 unspecified atom stereocenters. The second-order valence-electron chi connectivity index (χ2n) is 5.12. The van der Waals surface area contributed by atoms with E-state index in [0.29, 0.717) is 0 Å². The first-order chi connectivity index (χ1) is 9.20. The fourth-order valence-corrected chi connectivity index (χ4v) is 1.56. The third kappa shape index (κ3) is 3.26. The minimum absolute atomic E-state index is 0.0544. The molecule has 0 heterocycles. The van der Waals surface area contributed by atoms with E-state index in [1.807, 2.05) is 20.8 Å². The Morgan fingerprint density at radius 2 is 2.00 bits per heavy atom. The van der Waals surface area contributed by atoms with Crippen LogP contribution < -0.4 is 5.32 Å².